The maximum Gasteiger partial charge on any atom is 0.223 e. The Hall–Kier alpha value is -1.55. The van der Waals surface area contributed by atoms with Gasteiger partial charge in [0.25, 0.3) is 0 Å². The van der Waals surface area contributed by atoms with Crippen LogP contribution in [0.3, 0.4) is 0 Å². The second kappa shape index (κ2) is 6.94. The molecule has 116 valence electrons. The molecule has 0 bridgehead atoms. The van der Waals surface area contributed by atoms with Crippen LogP contribution in [-0.4, -0.2) is 23.9 Å². The molecule has 0 radical (unpaired) electrons. The summed E-state index contributed by atoms with van der Waals surface area (Å²) in [6.45, 7) is 9.46. The minimum absolute atomic E-state index is 0.0755. The van der Waals surface area contributed by atoms with Crippen molar-refractivity contribution < 1.29 is 9.59 Å². The molecule has 1 rings (SSSR count). The van der Waals surface area contributed by atoms with Crippen molar-refractivity contribution in [1.29, 1.82) is 0 Å². The summed E-state index contributed by atoms with van der Waals surface area (Å²) in [5.41, 5.74) is 1.31. The van der Waals surface area contributed by atoms with Gasteiger partial charge in [-0.2, -0.15) is 0 Å². The number of anilines is 1. The topological polar surface area (TPSA) is 49.4 Å². The van der Waals surface area contributed by atoms with Gasteiger partial charge in [0.2, 0.25) is 11.8 Å². The summed E-state index contributed by atoms with van der Waals surface area (Å²) >= 11 is 6.10. The highest BCUT2D eigenvalue weighted by atomic mass is 35.5. The summed E-state index contributed by atoms with van der Waals surface area (Å²) in [6.07, 6.45) is 0.253. The number of nitrogens with zero attached hydrogens (tertiary/aromatic N) is 1. The maximum absolute atomic E-state index is 11.9. The van der Waals surface area contributed by atoms with E-state index in [1.807, 2.05) is 33.8 Å². The van der Waals surface area contributed by atoms with E-state index in [1.54, 1.807) is 17.0 Å². The fourth-order valence-corrected chi connectivity index (χ4v) is 2.20. The average molecular weight is 311 g/mol. The third-order valence-corrected chi connectivity index (χ3v) is 3.40. The van der Waals surface area contributed by atoms with E-state index in [9.17, 15) is 9.59 Å². The lowest BCUT2D eigenvalue weighted by Crippen LogP contribution is -2.42. The molecular weight excluding hydrogens is 288 g/mol. The second-order valence-electron chi connectivity index (χ2n) is 6.10. The van der Waals surface area contributed by atoms with Gasteiger partial charge in [-0.25, -0.2) is 0 Å². The molecule has 0 atom stereocenters. The van der Waals surface area contributed by atoms with Gasteiger partial charge in [0.05, 0.1) is 0 Å². The van der Waals surface area contributed by atoms with Crippen molar-refractivity contribution in [2.24, 2.45) is 0 Å². The first kappa shape index (κ1) is 17.5. The van der Waals surface area contributed by atoms with Gasteiger partial charge in [0.15, 0.2) is 0 Å². The van der Waals surface area contributed by atoms with E-state index in [0.717, 1.165) is 11.3 Å². The van der Waals surface area contributed by atoms with Gasteiger partial charge >= 0.3 is 0 Å². The van der Waals surface area contributed by atoms with E-state index < -0.39 is 0 Å². The van der Waals surface area contributed by atoms with E-state index in [1.165, 1.54) is 6.92 Å². The quantitative estimate of drug-likeness (QED) is 0.927. The van der Waals surface area contributed by atoms with Gasteiger partial charge in [-0.15, -0.1) is 0 Å². The molecule has 2 amide bonds. The van der Waals surface area contributed by atoms with Gasteiger partial charge in [0.1, 0.15) is 0 Å². The lowest BCUT2D eigenvalue weighted by Gasteiger charge is -2.25. The zero-order chi connectivity index (χ0) is 16.2. The fraction of sp³-hybridized carbons (Fsp3) is 0.500. The molecule has 1 aromatic carbocycles. The monoisotopic (exact) mass is 310 g/mol. The highest BCUT2D eigenvalue weighted by molar-refractivity contribution is 6.31. The summed E-state index contributed by atoms with van der Waals surface area (Å²) in [7, 11) is 0. The highest BCUT2D eigenvalue weighted by Crippen LogP contribution is 2.26. The minimum Gasteiger partial charge on any atom is -0.351 e. The Balaban J connectivity index is 2.83. The first-order valence-corrected chi connectivity index (χ1v) is 7.34. The molecule has 0 aliphatic carbocycles. The zero-order valence-corrected chi connectivity index (χ0v) is 14.0. The number of benzene rings is 1. The average Bonchev–Trinajstić information content (AvgIpc) is 2.31. The number of carbonyl (C=O) groups is 2. The molecule has 4 nitrogen and oxygen atoms in total. The van der Waals surface area contributed by atoms with Crippen molar-refractivity contribution in [2.45, 2.75) is 46.6 Å². The van der Waals surface area contributed by atoms with E-state index in [2.05, 4.69) is 5.32 Å². The molecule has 0 fully saturated rings. The number of carbonyl (C=O) groups excluding carboxylic acids is 2. The molecular formula is C16H23ClN2O2. The van der Waals surface area contributed by atoms with Crippen molar-refractivity contribution in [1.82, 2.24) is 5.32 Å². The third kappa shape index (κ3) is 5.38. The van der Waals surface area contributed by atoms with E-state index in [-0.39, 0.29) is 23.8 Å². The van der Waals surface area contributed by atoms with Crippen LogP contribution in [-0.2, 0) is 9.59 Å². The van der Waals surface area contributed by atoms with Crippen LogP contribution in [0, 0.1) is 6.92 Å². The Bertz CT molecular complexity index is 536. The van der Waals surface area contributed by atoms with Gasteiger partial charge in [-0.1, -0.05) is 17.7 Å². The van der Waals surface area contributed by atoms with Gasteiger partial charge in [-0.3, -0.25) is 9.59 Å². The first-order valence-electron chi connectivity index (χ1n) is 6.96. The summed E-state index contributed by atoms with van der Waals surface area (Å²) < 4.78 is 0. The van der Waals surface area contributed by atoms with Crippen LogP contribution >= 0.6 is 11.6 Å². The molecule has 0 aliphatic rings. The number of nitrogens with one attached hydrogen (secondary N) is 1. The molecule has 21 heavy (non-hydrogen) atoms. The van der Waals surface area contributed by atoms with Crippen molar-refractivity contribution in [3.63, 3.8) is 0 Å². The van der Waals surface area contributed by atoms with Crippen molar-refractivity contribution in [3.05, 3.63) is 28.8 Å². The SMILES string of the molecule is CC(=O)N(CCC(=O)NC(C)(C)C)c1cccc(Cl)c1C. The van der Waals surface area contributed by atoms with Crippen LogP contribution < -0.4 is 10.2 Å². The van der Waals surface area contributed by atoms with Gasteiger partial charge < -0.3 is 10.2 Å². The minimum atomic E-state index is -0.274. The van der Waals surface area contributed by atoms with Crippen LogP contribution in [0.5, 0.6) is 0 Å². The van der Waals surface area contributed by atoms with Crippen LogP contribution in [0.15, 0.2) is 18.2 Å². The Labute approximate surface area is 131 Å². The van der Waals surface area contributed by atoms with E-state index in [4.69, 9.17) is 11.6 Å². The number of halogens is 1. The lowest BCUT2D eigenvalue weighted by atomic mass is 10.1. The molecule has 0 spiro atoms. The van der Waals surface area contributed by atoms with Gasteiger partial charge in [-0.05, 0) is 45.4 Å². The number of amides is 2. The number of hydrogen-bond acceptors (Lipinski definition) is 2. The second-order valence-corrected chi connectivity index (χ2v) is 6.51. The molecule has 0 saturated carbocycles. The smallest absolute Gasteiger partial charge is 0.223 e. The zero-order valence-electron chi connectivity index (χ0n) is 13.3. The maximum atomic E-state index is 11.9. The number of rotatable bonds is 4. The van der Waals surface area contributed by atoms with Crippen LogP contribution in [0.4, 0.5) is 5.69 Å². The summed E-state index contributed by atoms with van der Waals surface area (Å²) in [6, 6.07) is 5.42. The van der Waals surface area contributed by atoms with Crippen LogP contribution in [0.25, 0.3) is 0 Å². The molecule has 0 unspecified atom stereocenters. The lowest BCUT2D eigenvalue weighted by molar-refractivity contribution is -0.122. The highest BCUT2D eigenvalue weighted by Gasteiger charge is 2.18. The van der Waals surface area contributed by atoms with Crippen molar-refractivity contribution in [3.8, 4) is 0 Å². The van der Waals surface area contributed by atoms with Crippen molar-refractivity contribution in [2.75, 3.05) is 11.4 Å². The molecule has 0 aliphatic heterocycles. The fourth-order valence-electron chi connectivity index (χ4n) is 2.03. The van der Waals surface area contributed by atoms with E-state index >= 15 is 0 Å². The third-order valence-electron chi connectivity index (χ3n) is 2.99. The first-order chi connectivity index (χ1) is 9.61. The Kier molecular flexibility index (Phi) is 5.78. The molecule has 1 N–H and O–H groups in total. The number of hydrogen-bond donors (Lipinski definition) is 1. The van der Waals surface area contributed by atoms with Crippen molar-refractivity contribution >= 4 is 29.1 Å². The molecule has 5 heteroatoms. The van der Waals surface area contributed by atoms with Crippen LogP contribution in [0.1, 0.15) is 39.7 Å². The normalized spacial score (nSPS) is 11.1. The summed E-state index contributed by atoms with van der Waals surface area (Å²) in [5.74, 6) is -0.183. The summed E-state index contributed by atoms with van der Waals surface area (Å²) in [5, 5.41) is 3.50. The standard InChI is InChI=1S/C16H23ClN2O2/c1-11-13(17)7-6-8-14(11)19(12(2)20)10-9-15(21)18-16(3,4)5/h6-8H,9-10H2,1-5H3,(H,18,21). The predicted octanol–water partition coefficient (Wildman–Crippen LogP) is 3.31. The largest absolute Gasteiger partial charge is 0.351 e. The van der Waals surface area contributed by atoms with Gasteiger partial charge in [0, 0.05) is 36.1 Å². The molecule has 0 heterocycles. The Morgan fingerprint density at radius 3 is 2.43 bits per heavy atom. The Morgan fingerprint density at radius 1 is 1.29 bits per heavy atom. The molecule has 1 aromatic rings. The summed E-state index contributed by atoms with van der Waals surface area (Å²) in [4.78, 5) is 25.3. The predicted molar refractivity (Wildman–Crippen MR) is 86.7 cm³/mol. The molecule has 0 aromatic heterocycles. The van der Waals surface area contributed by atoms with E-state index in [0.29, 0.717) is 11.6 Å². The molecule has 0 saturated heterocycles. The van der Waals surface area contributed by atoms with Crippen LogP contribution in [0.2, 0.25) is 5.02 Å². The Morgan fingerprint density at radius 2 is 1.90 bits per heavy atom.